The number of carboxylic acid groups (broad SMARTS) is 1. The fourth-order valence-electron chi connectivity index (χ4n) is 4.31. The van der Waals surface area contributed by atoms with Gasteiger partial charge in [-0.3, -0.25) is 9.69 Å². The summed E-state index contributed by atoms with van der Waals surface area (Å²) >= 11 is 0. The molecule has 0 bridgehead atoms. The molecular weight excluding hydrogens is 496 g/mol. The van der Waals surface area contributed by atoms with Gasteiger partial charge in [-0.1, -0.05) is 36.4 Å². The summed E-state index contributed by atoms with van der Waals surface area (Å²) in [7, 11) is 0. The number of anilines is 1. The zero-order valence-corrected chi connectivity index (χ0v) is 21.1. The number of ether oxygens (including phenoxy) is 1. The number of aromatic hydroxyl groups is 1. The van der Waals surface area contributed by atoms with Crippen LogP contribution in [0, 0.1) is 5.92 Å². The molecule has 1 aliphatic heterocycles. The molecule has 1 heterocycles. The molecule has 9 heteroatoms. The number of halogens is 1. The summed E-state index contributed by atoms with van der Waals surface area (Å²) in [5, 5.41) is 31.8. The molecule has 196 valence electrons. The number of aliphatic hydroxyl groups is 1. The Kier molecular flexibility index (Phi) is 9.91. The van der Waals surface area contributed by atoms with E-state index in [0.717, 1.165) is 43.6 Å². The second kappa shape index (κ2) is 13.1. The lowest BCUT2D eigenvalue weighted by Gasteiger charge is -2.30. The summed E-state index contributed by atoms with van der Waals surface area (Å²) in [6, 6.07) is 18.6. The van der Waals surface area contributed by atoms with Crippen LogP contribution in [0.2, 0.25) is 0 Å². The Balaban J connectivity index is 0.00000380. The first-order valence-electron chi connectivity index (χ1n) is 12.0. The number of aromatic carboxylic acids is 1. The average Bonchev–Trinajstić information content (AvgIpc) is 2.90. The lowest BCUT2D eigenvalue weighted by atomic mass is 9.98. The maximum atomic E-state index is 13.0. The first-order chi connectivity index (χ1) is 17.4. The molecular formula is C28H31ClN2O6. The first kappa shape index (κ1) is 28.0. The molecule has 0 aliphatic carbocycles. The van der Waals surface area contributed by atoms with Crippen molar-refractivity contribution in [1.29, 1.82) is 0 Å². The van der Waals surface area contributed by atoms with Crippen LogP contribution in [0.3, 0.4) is 0 Å². The van der Waals surface area contributed by atoms with Gasteiger partial charge < -0.3 is 25.4 Å². The molecule has 3 aromatic carbocycles. The van der Waals surface area contributed by atoms with E-state index in [2.05, 4.69) is 10.2 Å². The van der Waals surface area contributed by atoms with E-state index < -0.39 is 11.9 Å². The largest absolute Gasteiger partial charge is 0.507 e. The van der Waals surface area contributed by atoms with Crippen molar-refractivity contribution in [2.45, 2.75) is 12.8 Å². The summed E-state index contributed by atoms with van der Waals surface area (Å²) in [5.41, 5.74) is 1.69. The normalized spacial score (nSPS) is 14.0. The summed E-state index contributed by atoms with van der Waals surface area (Å²) in [6.45, 7) is 3.18. The number of nitrogens with one attached hydrogen (secondary N) is 1. The van der Waals surface area contributed by atoms with Gasteiger partial charge in [-0.25, -0.2) is 4.79 Å². The van der Waals surface area contributed by atoms with Crippen LogP contribution in [0.5, 0.6) is 11.5 Å². The highest BCUT2D eigenvalue weighted by atomic mass is 35.5. The van der Waals surface area contributed by atoms with Crippen LogP contribution in [0.4, 0.5) is 5.69 Å². The molecule has 3 aromatic rings. The SMILES string of the molecule is Cl.O=C(Nc1cc(-c2ccccc2)ccc1C(=O)O)c1cc(OCCN2CCC(CO)CC2)ccc1O. The zero-order valence-electron chi connectivity index (χ0n) is 20.3. The van der Waals surface area contributed by atoms with Crippen molar-refractivity contribution < 1.29 is 29.6 Å². The highest BCUT2D eigenvalue weighted by Gasteiger charge is 2.20. The van der Waals surface area contributed by atoms with Crippen LogP contribution in [0.1, 0.15) is 33.6 Å². The fourth-order valence-corrected chi connectivity index (χ4v) is 4.31. The molecule has 0 aromatic heterocycles. The minimum Gasteiger partial charge on any atom is -0.507 e. The number of amides is 1. The maximum absolute atomic E-state index is 13.0. The van der Waals surface area contributed by atoms with Crippen LogP contribution in [-0.4, -0.2) is 64.9 Å². The van der Waals surface area contributed by atoms with E-state index in [4.69, 9.17) is 4.74 Å². The number of phenols is 1. The number of hydrogen-bond donors (Lipinski definition) is 4. The van der Waals surface area contributed by atoms with E-state index >= 15 is 0 Å². The molecule has 1 amide bonds. The Morgan fingerprint density at radius 1 is 0.946 bits per heavy atom. The smallest absolute Gasteiger partial charge is 0.337 e. The number of phenolic OH excluding ortho intramolecular Hbond substituents is 1. The standard InChI is InChI=1S/C28H30N2O6.ClH/c31-18-19-10-12-30(13-11-19)14-15-36-22-7-9-26(32)24(17-22)27(33)29-25-16-21(6-8-23(25)28(34)35)20-4-2-1-3-5-20;/h1-9,16-17,19,31-32H,10-15,18H2,(H,29,33)(H,34,35);1H. The Labute approximate surface area is 221 Å². The summed E-state index contributed by atoms with van der Waals surface area (Å²) in [6.07, 6.45) is 1.92. The minimum atomic E-state index is -1.17. The lowest BCUT2D eigenvalue weighted by Crippen LogP contribution is -2.37. The van der Waals surface area contributed by atoms with Gasteiger partial charge in [0.1, 0.15) is 18.1 Å². The molecule has 0 spiro atoms. The second-order valence-corrected chi connectivity index (χ2v) is 8.88. The lowest BCUT2D eigenvalue weighted by molar-refractivity contribution is 0.0698. The third-order valence-electron chi connectivity index (χ3n) is 6.46. The first-order valence-corrected chi connectivity index (χ1v) is 12.0. The molecule has 37 heavy (non-hydrogen) atoms. The number of hydrogen-bond acceptors (Lipinski definition) is 6. The van der Waals surface area contributed by atoms with Gasteiger partial charge in [-0.2, -0.15) is 0 Å². The molecule has 4 rings (SSSR count). The van der Waals surface area contributed by atoms with Crippen molar-refractivity contribution in [2.75, 3.05) is 38.2 Å². The van der Waals surface area contributed by atoms with Crippen molar-refractivity contribution in [3.8, 4) is 22.6 Å². The Hall–Kier alpha value is -3.59. The van der Waals surface area contributed by atoms with E-state index in [1.807, 2.05) is 30.3 Å². The van der Waals surface area contributed by atoms with E-state index in [9.17, 15) is 24.9 Å². The molecule has 1 fully saturated rings. The van der Waals surface area contributed by atoms with Crippen LogP contribution < -0.4 is 10.1 Å². The topological polar surface area (TPSA) is 119 Å². The number of benzene rings is 3. The van der Waals surface area contributed by atoms with E-state index in [-0.39, 0.29) is 41.6 Å². The van der Waals surface area contributed by atoms with Gasteiger partial charge in [0.05, 0.1) is 16.8 Å². The highest BCUT2D eigenvalue weighted by Crippen LogP contribution is 2.28. The number of carbonyl (C=O) groups excluding carboxylic acids is 1. The van der Waals surface area contributed by atoms with E-state index in [0.29, 0.717) is 18.3 Å². The molecule has 0 unspecified atom stereocenters. The monoisotopic (exact) mass is 526 g/mol. The number of rotatable bonds is 9. The third-order valence-corrected chi connectivity index (χ3v) is 6.46. The van der Waals surface area contributed by atoms with Gasteiger partial charge in [0.25, 0.3) is 5.91 Å². The van der Waals surface area contributed by atoms with Gasteiger partial charge in [0, 0.05) is 13.2 Å². The van der Waals surface area contributed by atoms with Crippen LogP contribution >= 0.6 is 12.4 Å². The van der Waals surface area contributed by atoms with Crippen molar-refractivity contribution in [2.24, 2.45) is 5.92 Å². The fraction of sp³-hybridized carbons (Fsp3) is 0.286. The van der Waals surface area contributed by atoms with Gasteiger partial charge in [0.15, 0.2) is 0 Å². The van der Waals surface area contributed by atoms with E-state index in [1.54, 1.807) is 18.2 Å². The molecule has 0 atom stereocenters. The summed E-state index contributed by atoms with van der Waals surface area (Å²) < 4.78 is 5.82. The van der Waals surface area contributed by atoms with Crippen molar-refractivity contribution in [3.05, 3.63) is 77.9 Å². The summed E-state index contributed by atoms with van der Waals surface area (Å²) in [5.74, 6) is -1.25. The van der Waals surface area contributed by atoms with Crippen molar-refractivity contribution in [1.82, 2.24) is 4.90 Å². The molecule has 1 aliphatic rings. The molecule has 8 nitrogen and oxygen atoms in total. The predicted molar refractivity (Wildman–Crippen MR) is 144 cm³/mol. The van der Waals surface area contributed by atoms with Crippen LogP contribution in [0.25, 0.3) is 11.1 Å². The van der Waals surface area contributed by atoms with Gasteiger partial charge >= 0.3 is 5.97 Å². The number of piperidine rings is 1. The van der Waals surface area contributed by atoms with Gasteiger partial charge in [-0.15, -0.1) is 12.4 Å². The van der Waals surface area contributed by atoms with Crippen LogP contribution in [0.15, 0.2) is 66.7 Å². The number of carbonyl (C=O) groups is 2. The Bertz CT molecular complexity index is 1210. The number of nitrogens with zero attached hydrogens (tertiary/aromatic N) is 1. The van der Waals surface area contributed by atoms with E-state index in [1.165, 1.54) is 18.2 Å². The molecule has 4 N–H and O–H groups in total. The number of carboxylic acids is 1. The Morgan fingerprint density at radius 3 is 2.35 bits per heavy atom. The van der Waals surface area contributed by atoms with Gasteiger partial charge in [0.2, 0.25) is 0 Å². The van der Waals surface area contributed by atoms with Gasteiger partial charge in [-0.05, 0) is 73.3 Å². The predicted octanol–water partition coefficient (Wildman–Crippen LogP) is 4.51. The highest BCUT2D eigenvalue weighted by molar-refractivity contribution is 6.09. The zero-order chi connectivity index (χ0) is 25.5. The average molecular weight is 527 g/mol. The van der Waals surface area contributed by atoms with Crippen molar-refractivity contribution in [3.63, 3.8) is 0 Å². The molecule has 0 radical (unpaired) electrons. The number of likely N-dealkylation sites (tertiary alicyclic amines) is 1. The van der Waals surface area contributed by atoms with Crippen LogP contribution in [-0.2, 0) is 0 Å². The third kappa shape index (κ3) is 7.22. The van der Waals surface area contributed by atoms with Crippen molar-refractivity contribution >= 4 is 30.0 Å². The second-order valence-electron chi connectivity index (χ2n) is 8.88. The maximum Gasteiger partial charge on any atom is 0.337 e. The quantitative estimate of drug-likeness (QED) is 0.324. The Morgan fingerprint density at radius 2 is 1.68 bits per heavy atom. The number of aliphatic hydroxyl groups excluding tert-OH is 1. The minimum absolute atomic E-state index is 0. The summed E-state index contributed by atoms with van der Waals surface area (Å²) in [4.78, 5) is 27.1. The molecule has 0 saturated carbocycles. The molecule has 1 saturated heterocycles.